The molecular formula is C12H24O4. The molecule has 0 aliphatic heterocycles. The minimum Gasteiger partial charge on any atom is -0.393 e. The van der Waals surface area contributed by atoms with Gasteiger partial charge in [0, 0.05) is 0 Å². The summed E-state index contributed by atoms with van der Waals surface area (Å²) in [4.78, 5) is 0. The van der Waals surface area contributed by atoms with Gasteiger partial charge in [0.1, 0.15) is 6.10 Å². The Morgan fingerprint density at radius 1 is 1.25 bits per heavy atom. The molecule has 0 aromatic carbocycles. The van der Waals surface area contributed by atoms with Crippen LogP contribution in [0.1, 0.15) is 51.9 Å². The van der Waals surface area contributed by atoms with Gasteiger partial charge in [0.2, 0.25) is 0 Å². The number of aliphatic hydroxyl groups is 4. The largest absolute Gasteiger partial charge is 0.393 e. The highest BCUT2D eigenvalue weighted by Gasteiger charge is 2.42. The summed E-state index contributed by atoms with van der Waals surface area (Å²) in [5.41, 5.74) is -1.22. The molecule has 0 heterocycles. The fourth-order valence-corrected chi connectivity index (χ4v) is 2.33. The van der Waals surface area contributed by atoms with Gasteiger partial charge in [-0.25, -0.2) is 0 Å². The van der Waals surface area contributed by atoms with Gasteiger partial charge in [-0.1, -0.05) is 19.8 Å². The van der Waals surface area contributed by atoms with Crippen LogP contribution in [0.15, 0.2) is 0 Å². The summed E-state index contributed by atoms with van der Waals surface area (Å²) in [5.74, 6) is 0. The van der Waals surface area contributed by atoms with Crippen LogP contribution in [0.5, 0.6) is 0 Å². The minimum atomic E-state index is -1.22. The third-order valence-electron chi connectivity index (χ3n) is 3.59. The fourth-order valence-electron chi connectivity index (χ4n) is 2.33. The van der Waals surface area contributed by atoms with Crippen LogP contribution in [0.25, 0.3) is 0 Å². The Morgan fingerprint density at radius 3 is 2.31 bits per heavy atom. The van der Waals surface area contributed by atoms with E-state index in [4.69, 9.17) is 0 Å². The van der Waals surface area contributed by atoms with E-state index in [9.17, 15) is 20.4 Å². The minimum absolute atomic E-state index is 0.360. The monoisotopic (exact) mass is 232 g/mol. The number of hydrogen-bond acceptors (Lipinski definition) is 4. The van der Waals surface area contributed by atoms with Crippen LogP contribution in [0.2, 0.25) is 0 Å². The van der Waals surface area contributed by atoms with Gasteiger partial charge in [0.15, 0.2) is 0 Å². The van der Waals surface area contributed by atoms with Crippen LogP contribution < -0.4 is 0 Å². The normalized spacial score (nSPS) is 34.7. The lowest BCUT2D eigenvalue weighted by Gasteiger charge is -2.39. The molecule has 4 N–H and O–H groups in total. The van der Waals surface area contributed by atoms with Crippen LogP contribution >= 0.6 is 0 Å². The van der Waals surface area contributed by atoms with E-state index >= 15 is 0 Å². The van der Waals surface area contributed by atoms with Crippen molar-refractivity contribution in [3.8, 4) is 0 Å². The maximum absolute atomic E-state index is 10.2. The van der Waals surface area contributed by atoms with Gasteiger partial charge in [-0.3, -0.25) is 0 Å². The van der Waals surface area contributed by atoms with Gasteiger partial charge in [-0.15, -0.1) is 0 Å². The van der Waals surface area contributed by atoms with Gasteiger partial charge in [0.25, 0.3) is 0 Å². The smallest absolute Gasteiger partial charge is 0.108 e. The standard InChI is InChI=1S/C12H24O4/c1-2-3-4-10(14)11(15)12(16)7-5-9(13)6-8-12/h9-11,13-16H,2-8H2,1H3. The third-order valence-corrected chi connectivity index (χ3v) is 3.59. The molecule has 1 aliphatic carbocycles. The van der Waals surface area contributed by atoms with Crippen molar-refractivity contribution in [2.45, 2.75) is 75.8 Å². The molecule has 0 spiro atoms. The third kappa shape index (κ3) is 3.42. The van der Waals surface area contributed by atoms with E-state index in [1.807, 2.05) is 6.92 Å². The zero-order valence-electron chi connectivity index (χ0n) is 9.97. The lowest BCUT2D eigenvalue weighted by Crippen LogP contribution is -2.51. The summed E-state index contributed by atoms with van der Waals surface area (Å²) >= 11 is 0. The molecule has 16 heavy (non-hydrogen) atoms. The Hall–Kier alpha value is -0.160. The van der Waals surface area contributed by atoms with Gasteiger partial charge in [-0.2, -0.15) is 0 Å². The summed E-state index contributed by atoms with van der Waals surface area (Å²) in [7, 11) is 0. The van der Waals surface area contributed by atoms with Crippen LogP contribution in [0.3, 0.4) is 0 Å². The molecule has 0 bridgehead atoms. The van der Waals surface area contributed by atoms with E-state index in [1.165, 1.54) is 0 Å². The van der Waals surface area contributed by atoms with Crippen molar-refractivity contribution in [3.05, 3.63) is 0 Å². The van der Waals surface area contributed by atoms with E-state index in [-0.39, 0.29) is 6.10 Å². The van der Waals surface area contributed by atoms with E-state index in [1.54, 1.807) is 0 Å². The van der Waals surface area contributed by atoms with Gasteiger partial charge < -0.3 is 20.4 Å². The average Bonchev–Trinajstić information content (AvgIpc) is 2.29. The molecule has 1 rings (SSSR count). The number of hydrogen-bond donors (Lipinski definition) is 4. The van der Waals surface area contributed by atoms with Gasteiger partial charge >= 0.3 is 0 Å². The molecule has 0 aromatic heterocycles. The Labute approximate surface area is 96.9 Å². The lowest BCUT2D eigenvalue weighted by atomic mass is 9.77. The maximum Gasteiger partial charge on any atom is 0.108 e. The SMILES string of the molecule is CCCCC(O)C(O)C1(O)CCC(O)CC1. The maximum atomic E-state index is 10.2. The van der Waals surface area contributed by atoms with Gasteiger partial charge in [-0.05, 0) is 32.1 Å². The Balaban J connectivity index is 2.47. The van der Waals surface area contributed by atoms with Gasteiger partial charge in [0.05, 0.1) is 17.8 Å². The Morgan fingerprint density at radius 2 is 1.81 bits per heavy atom. The topological polar surface area (TPSA) is 80.9 Å². The van der Waals surface area contributed by atoms with Crippen molar-refractivity contribution in [3.63, 3.8) is 0 Å². The van der Waals surface area contributed by atoms with E-state index < -0.39 is 17.8 Å². The zero-order chi connectivity index (χ0) is 12.2. The molecule has 0 amide bonds. The van der Waals surface area contributed by atoms with Crippen molar-refractivity contribution in [2.75, 3.05) is 0 Å². The first-order valence-electron chi connectivity index (χ1n) is 6.26. The highest BCUT2D eigenvalue weighted by Crippen LogP contribution is 2.33. The van der Waals surface area contributed by atoms with Crippen LogP contribution in [-0.4, -0.2) is 44.3 Å². The molecule has 0 radical (unpaired) electrons. The highest BCUT2D eigenvalue weighted by molar-refractivity contribution is 4.94. The number of rotatable bonds is 5. The average molecular weight is 232 g/mol. The summed E-state index contributed by atoms with van der Waals surface area (Å²) < 4.78 is 0. The molecule has 1 saturated carbocycles. The van der Waals surface area contributed by atoms with Crippen LogP contribution in [0, 0.1) is 0 Å². The fraction of sp³-hybridized carbons (Fsp3) is 1.00. The predicted molar refractivity (Wildman–Crippen MR) is 61.0 cm³/mol. The second-order valence-electron chi connectivity index (χ2n) is 4.99. The Kier molecular flexibility index (Phi) is 5.18. The summed E-state index contributed by atoms with van der Waals surface area (Å²) in [5, 5.41) is 39.2. The Bertz CT molecular complexity index is 199. The first kappa shape index (κ1) is 13.9. The molecule has 2 unspecified atom stereocenters. The van der Waals surface area contributed by atoms with Crippen molar-refractivity contribution in [1.82, 2.24) is 0 Å². The van der Waals surface area contributed by atoms with Crippen molar-refractivity contribution >= 4 is 0 Å². The van der Waals surface area contributed by atoms with Crippen molar-refractivity contribution in [1.29, 1.82) is 0 Å². The quantitative estimate of drug-likeness (QED) is 0.558. The molecular weight excluding hydrogens is 208 g/mol. The van der Waals surface area contributed by atoms with Crippen molar-refractivity contribution in [2.24, 2.45) is 0 Å². The molecule has 0 aromatic rings. The first-order valence-corrected chi connectivity index (χ1v) is 6.26. The van der Waals surface area contributed by atoms with E-state index in [0.717, 1.165) is 12.8 Å². The zero-order valence-corrected chi connectivity index (χ0v) is 9.97. The van der Waals surface area contributed by atoms with Crippen LogP contribution in [0.4, 0.5) is 0 Å². The highest BCUT2D eigenvalue weighted by atomic mass is 16.4. The lowest BCUT2D eigenvalue weighted by molar-refractivity contribution is -0.152. The summed E-state index contributed by atoms with van der Waals surface area (Å²) in [6.45, 7) is 2.02. The van der Waals surface area contributed by atoms with E-state index in [2.05, 4.69) is 0 Å². The second-order valence-corrected chi connectivity index (χ2v) is 4.99. The number of aliphatic hydroxyl groups excluding tert-OH is 3. The predicted octanol–water partition coefficient (Wildman–Crippen LogP) is 0.564. The first-order chi connectivity index (χ1) is 7.49. The molecule has 2 atom stereocenters. The molecule has 4 heteroatoms. The molecule has 0 saturated heterocycles. The second kappa shape index (κ2) is 5.96. The molecule has 1 fully saturated rings. The molecule has 1 aliphatic rings. The summed E-state index contributed by atoms with van der Waals surface area (Å²) in [6, 6.07) is 0. The number of unbranched alkanes of at least 4 members (excludes halogenated alkanes) is 1. The van der Waals surface area contributed by atoms with Crippen molar-refractivity contribution < 1.29 is 20.4 Å². The van der Waals surface area contributed by atoms with Crippen LogP contribution in [-0.2, 0) is 0 Å². The molecule has 96 valence electrons. The molecule has 4 nitrogen and oxygen atoms in total. The van der Waals surface area contributed by atoms with E-state index in [0.29, 0.717) is 32.1 Å². The summed E-state index contributed by atoms with van der Waals surface area (Å²) in [6.07, 6.45) is 1.70.